The molecule has 1 saturated carbocycles. The number of nitrogens with zero attached hydrogens (tertiary/aromatic N) is 2. The van der Waals surface area contributed by atoms with Gasteiger partial charge in [-0.2, -0.15) is 5.01 Å². The quantitative estimate of drug-likeness (QED) is 0.0972. The van der Waals surface area contributed by atoms with E-state index in [-0.39, 0.29) is 46.9 Å². The van der Waals surface area contributed by atoms with Gasteiger partial charge in [0.2, 0.25) is 17.6 Å². The van der Waals surface area contributed by atoms with Crippen LogP contribution in [0.2, 0.25) is 10.0 Å². The highest BCUT2D eigenvalue weighted by atomic mass is 127. The van der Waals surface area contributed by atoms with Gasteiger partial charge in [-0.3, -0.25) is 29.5 Å². The van der Waals surface area contributed by atoms with E-state index in [1.54, 1.807) is 73.8 Å². The summed E-state index contributed by atoms with van der Waals surface area (Å²) in [6.07, 6.45) is 6.01. The first-order valence-corrected chi connectivity index (χ1v) is 20.0. The van der Waals surface area contributed by atoms with Crippen LogP contribution >= 0.6 is 45.8 Å². The average Bonchev–Trinajstić information content (AvgIpc) is 3.59. The molecule has 8 rings (SSSR count). The Morgan fingerprint density at radius 2 is 1.53 bits per heavy atom. The summed E-state index contributed by atoms with van der Waals surface area (Å²) in [7, 11) is 4.40. The van der Waals surface area contributed by atoms with E-state index in [1.807, 2.05) is 24.3 Å². The zero-order valence-electron chi connectivity index (χ0n) is 30.9. The number of imide groups is 2. The topological polar surface area (TPSA) is 135 Å². The summed E-state index contributed by atoms with van der Waals surface area (Å²) in [4.78, 5) is 60.3. The summed E-state index contributed by atoms with van der Waals surface area (Å²) in [5, 5.41) is 12.3. The van der Waals surface area contributed by atoms with Crippen LogP contribution in [0.3, 0.4) is 0 Å². The Kier molecular flexibility index (Phi) is 10.2. The minimum atomic E-state index is -1.53. The maximum atomic E-state index is 15.4. The molecule has 0 unspecified atom stereocenters. The smallest absolute Gasteiger partial charge is 0.260 e. The molecule has 4 aliphatic rings. The van der Waals surface area contributed by atoms with Gasteiger partial charge in [0.05, 0.1) is 60.9 Å². The molecule has 2 saturated heterocycles. The Bertz CT molecular complexity index is 2360. The standard InChI is InChI=1S/C43H36Cl2IN3O8/c1-55-27-12-5-23(6-13-27)43-31(16-4-22-18-35(56-2)38(50)36(19-22)57-3)28-14-15-29-37(41(53)48(39(29)51)26-10-8-25(46)9-11-26)30(28)21-32(43)40(52)49(42(43)54)47-34-17-7-24(44)20-33(34)45/h4-14,16-20,29-32,37,47,50H,15,21H2,1-3H3/t29-,30+,31-,32-,37-,43-/m0/s1. The van der Waals surface area contributed by atoms with Gasteiger partial charge in [0.25, 0.3) is 11.8 Å². The highest BCUT2D eigenvalue weighted by Crippen LogP contribution is 2.62. The molecule has 6 atom stereocenters. The zero-order valence-corrected chi connectivity index (χ0v) is 34.5. The highest BCUT2D eigenvalue weighted by molar-refractivity contribution is 14.1. The first-order valence-electron chi connectivity index (χ1n) is 18.1. The summed E-state index contributed by atoms with van der Waals surface area (Å²) >= 11 is 14.9. The van der Waals surface area contributed by atoms with Gasteiger partial charge in [0, 0.05) is 14.5 Å². The Morgan fingerprint density at radius 3 is 2.16 bits per heavy atom. The number of nitrogens with one attached hydrogen (secondary N) is 1. The monoisotopic (exact) mass is 919 g/mol. The van der Waals surface area contributed by atoms with Crippen LogP contribution in [0.25, 0.3) is 6.08 Å². The van der Waals surface area contributed by atoms with Crippen molar-refractivity contribution in [1.82, 2.24) is 5.01 Å². The van der Waals surface area contributed by atoms with E-state index >= 15 is 4.79 Å². The Balaban J connectivity index is 1.32. The van der Waals surface area contributed by atoms with Gasteiger partial charge in [-0.05, 0) is 119 Å². The number of rotatable bonds is 9. The number of phenols is 1. The molecule has 0 bridgehead atoms. The second-order valence-corrected chi connectivity index (χ2v) is 16.5. The van der Waals surface area contributed by atoms with E-state index in [0.717, 1.165) is 14.2 Å². The first-order chi connectivity index (χ1) is 27.4. The van der Waals surface area contributed by atoms with E-state index in [4.69, 9.17) is 37.4 Å². The van der Waals surface area contributed by atoms with Crippen molar-refractivity contribution in [3.8, 4) is 23.0 Å². The largest absolute Gasteiger partial charge is 0.502 e. The minimum absolute atomic E-state index is 0.112. The number of aromatic hydroxyl groups is 1. The number of phenolic OH excluding ortho intramolecular Hbond substituents is 1. The van der Waals surface area contributed by atoms with E-state index in [9.17, 15) is 19.5 Å². The van der Waals surface area contributed by atoms with Crippen molar-refractivity contribution in [2.45, 2.75) is 18.3 Å². The summed E-state index contributed by atoms with van der Waals surface area (Å²) in [6, 6.07) is 22.2. The van der Waals surface area contributed by atoms with Gasteiger partial charge in [-0.25, -0.2) is 0 Å². The fraction of sp³-hybridized carbons (Fsp3) is 0.256. The third kappa shape index (κ3) is 6.23. The lowest BCUT2D eigenvalue weighted by atomic mass is 9.50. The molecule has 2 N–H and O–H groups in total. The molecule has 292 valence electrons. The van der Waals surface area contributed by atoms with Crippen LogP contribution in [0.15, 0.2) is 96.6 Å². The van der Waals surface area contributed by atoms with Crippen molar-refractivity contribution in [3.05, 3.63) is 121 Å². The second-order valence-electron chi connectivity index (χ2n) is 14.4. The van der Waals surface area contributed by atoms with Crippen molar-refractivity contribution >= 4 is 86.9 Å². The Labute approximate surface area is 352 Å². The van der Waals surface area contributed by atoms with Crippen molar-refractivity contribution in [3.63, 3.8) is 0 Å². The number of allylic oxidation sites excluding steroid dienone is 3. The predicted molar refractivity (Wildman–Crippen MR) is 223 cm³/mol. The summed E-state index contributed by atoms with van der Waals surface area (Å²) in [5.74, 6) is -4.74. The third-order valence-electron chi connectivity index (χ3n) is 11.7. The van der Waals surface area contributed by atoms with Gasteiger partial charge in [0.1, 0.15) is 5.75 Å². The van der Waals surface area contributed by atoms with Gasteiger partial charge in [0.15, 0.2) is 11.5 Å². The van der Waals surface area contributed by atoms with Crippen LogP contribution in [0.1, 0.15) is 24.0 Å². The Hall–Kier alpha value is -5.05. The number of carbonyl (C=O) groups is 4. The molecule has 4 aromatic rings. The average molecular weight is 921 g/mol. The number of hydrazine groups is 1. The van der Waals surface area contributed by atoms with Crippen molar-refractivity contribution in [2.75, 3.05) is 31.7 Å². The minimum Gasteiger partial charge on any atom is -0.502 e. The SMILES string of the molecule is COc1ccc([C@@]23C(=O)N(Nc4ccc(Cl)cc4Cl)C(=O)[C@@H]2C[C@@H]2C(=CC[C@@H]4C(=O)N(c5ccc(I)cc5)C(=O)[C@@H]42)[C@@H]3C=Cc2cc(OC)c(O)c(OC)c2)cc1. The molecule has 4 amide bonds. The molecule has 0 aromatic heterocycles. The summed E-state index contributed by atoms with van der Waals surface area (Å²) < 4.78 is 17.3. The maximum absolute atomic E-state index is 15.4. The maximum Gasteiger partial charge on any atom is 0.260 e. The summed E-state index contributed by atoms with van der Waals surface area (Å²) in [5.41, 5.74) is 4.16. The van der Waals surface area contributed by atoms with E-state index in [1.165, 1.54) is 25.2 Å². The normalized spacial score (nSPS) is 25.3. The molecular formula is C43H36Cl2IN3O8. The third-order valence-corrected chi connectivity index (χ3v) is 13.0. The zero-order chi connectivity index (χ0) is 40.3. The number of hydrogen-bond acceptors (Lipinski definition) is 9. The first kappa shape index (κ1) is 38.8. The van der Waals surface area contributed by atoms with Gasteiger partial charge in [-0.15, -0.1) is 0 Å². The Morgan fingerprint density at radius 1 is 0.842 bits per heavy atom. The molecule has 3 fully saturated rings. The number of anilines is 2. The van der Waals surface area contributed by atoms with Crippen LogP contribution in [-0.2, 0) is 24.6 Å². The van der Waals surface area contributed by atoms with E-state index < -0.39 is 46.8 Å². The van der Waals surface area contributed by atoms with Crippen molar-refractivity contribution in [1.29, 1.82) is 0 Å². The highest BCUT2D eigenvalue weighted by Gasteiger charge is 2.69. The number of hydrogen-bond donors (Lipinski definition) is 2. The van der Waals surface area contributed by atoms with Gasteiger partial charge < -0.3 is 19.3 Å². The molecule has 57 heavy (non-hydrogen) atoms. The van der Waals surface area contributed by atoms with Crippen molar-refractivity contribution < 1.29 is 38.5 Å². The van der Waals surface area contributed by atoms with Crippen LogP contribution < -0.4 is 24.5 Å². The second kappa shape index (κ2) is 15.0. The summed E-state index contributed by atoms with van der Waals surface area (Å²) in [6.45, 7) is 0. The number of amides is 4. The molecule has 0 spiro atoms. The van der Waals surface area contributed by atoms with Crippen LogP contribution in [0, 0.1) is 33.2 Å². The lowest BCUT2D eigenvalue weighted by molar-refractivity contribution is -0.139. The lowest BCUT2D eigenvalue weighted by Gasteiger charge is -2.49. The number of benzene rings is 4. The molecule has 0 radical (unpaired) electrons. The van der Waals surface area contributed by atoms with E-state index in [2.05, 4.69) is 28.0 Å². The molecule has 14 heteroatoms. The number of ether oxygens (including phenoxy) is 3. The molecular weight excluding hydrogens is 884 g/mol. The van der Waals surface area contributed by atoms with E-state index in [0.29, 0.717) is 33.3 Å². The molecule has 2 aliphatic carbocycles. The van der Waals surface area contributed by atoms with Crippen LogP contribution in [-0.4, -0.2) is 55.1 Å². The molecule has 11 nitrogen and oxygen atoms in total. The number of carbonyl (C=O) groups excluding carboxylic acids is 4. The number of fused-ring (bicyclic) bond motifs is 4. The number of halogens is 3. The van der Waals surface area contributed by atoms with Crippen LogP contribution in [0.4, 0.5) is 11.4 Å². The lowest BCUT2D eigenvalue weighted by Crippen LogP contribution is -2.54. The molecule has 2 heterocycles. The fourth-order valence-corrected chi connectivity index (χ4v) is 9.96. The van der Waals surface area contributed by atoms with Crippen LogP contribution in [0.5, 0.6) is 23.0 Å². The van der Waals surface area contributed by atoms with Gasteiger partial charge in [-0.1, -0.05) is 59.1 Å². The fourth-order valence-electron chi connectivity index (χ4n) is 9.15. The van der Waals surface area contributed by atoms with Crippen molar-refractivity contribution in [2.24, 2.45) is 29.6 Å². The molecule has 4 aromatic carbocycles. The van der Waals surface area contributed by atoms with Gasteiger partial charge >= 0.3 is 0 Å². The predicted octanol–water partition coefficient (Wildman–Crippen LogP) is 8.06. The number of methoxy groups -OCH3 is 3. The molecule has 2 aliphatic heterocycles.